The van der Waals surface area contributed by atoms with Gasteiger partial charge < -0.3 is 9.30 Å². The van der Waals surface area contributed by atoms with E-state index < -0.39 is 9.05 Å². The molecule has 1 heterocycles. The van der Waals surface area contributed by atoms with Crippen LogP contribution < -0.4 is 4.74 Å². The van der Waals surface area contributed by atoms with Crippen LogP contribution in [0.4, 0.5) is 0 Å². The maximum Gasteiger partial charge on any atom is 0.261 e. The summed E-state index contributed by atoms with van der Waals surface area (Å²) >= 11 is 5.92. The maximum atomic E-state index is 11.1. The van der Waals surface area contributed by atoms with Gasteiger partial charge in [-0.15, -0.1) is 10.2 Å². The predicted molar refractivity (Wildman–Crippen MR) is 69.8 cm³/mol. The highest BCUT2D eigenvalue weighted by Crippen LogP contribution is 2.29. The molecule has 0 unspecified atom stereocenters. The first-order valence-corrected chi connectivity index (χ1v) is 7.76. The summed E-state index contributed by atoms with van der Waals surface area (Å²) in [6.07, 6.45) is 1.55. The van der Waals surface area contributed by atoms with Crippen LogP contribution in [0.15, 0.2) is 29.4 Å². The number of benzene rings is 1. The number of aryl methyl sites for hydroxylation is 1. The lowest BCUT2D eigenvalue weighted by atomic mass is 10.3. The molecule has 0 aliphatic heterocycles. The van der Waals surface area contributed by atoms with Gasteiger partial charge in [0.2, 0.25) is 0 Å². The van der Waals surface area contributed by atoms with E-state index in [0.717, 1.165) is 0 Å². The molecular formula is C10H9Cl2N3O3S. The maximum absolute atomic E-state index is 11.1. The Bertz CT molecular complexity index is 700. The Morgan fingerprint density at radius 3 is 2.68 bits per heavy atom. The van der Waals surface area contributed by atoms with Gasteiger partial charge in [-0.1, -0.05) is 11.6 Å². The molecule has 0 saturated heterocycles. The van der Waals surface area contributed by atoms with E-state index in [1.807, 2.05) is 0 Å². The fourth-order valence-electron chi connectivity index (χ4n) is 1.33. The van der Waals surface area contributed by atoms with Gasteiger partial charge in [0.05, 0.1) is 9.92 Å². The molecule has 0 fully saturated rings. The fourth-order valence-corrected chi connectivity index (χ4v) is 2.41. The molecule has 102 valence electrons. The highest BCUT2D eigenvalue weighted by atomic mass is 35.7. The summed E-state index contributed by atoms with van der Waals surface area (Å²) in [4.78, 5) is -0.0785. The number of ether oxygens (including phenoxy) is 1. The third-order valence-electron chi connectivity index (χ3n) is 2.35. The van der Waals surface area contributed by atoms with Crippen LogP contribution >= 0.6 is 22.3 Å². The highest BCUT2D eigenvalue weighted by molar-refractivity contribution is 8.13. The molecule has 0 atom stereocenters. The van der Waals surface area contributed by atoms with Gasteiger partial charge in [-0.05, 0) is 18.2 Å². The SMILES string of the molecule is Cn1cnnc1COc1ccc(S(=O)(=O)Cl)cc1Cl. The van der Waals surface area contributed by atoms with Crippen molar-refractivity contribution in [2.75, 3.05) is 0 Å². The first-order chi connectivity index (χ1) is 8.88. The number of hydrogen-bond acceptors (Lipinski definition) is 5. The van der Waals surface area contributed by atoms with E-state index in [1.165, 1.54) is 18.2 Å². The van der Waals surface area contributed by atoms with Crippen molar-refractivity contribution in [2.45, 2.75) is 11.5 Å². The number of hydrogen-bond donors (Lipinski definition) is 0. The van der Waals surface area contributed by atoms with Crippen LogP contribution in [-0.4, -0.2) is 23.2 Å². The van der Waals surface area contributed by atoms with Crippen molar-refractivity contribution in [3.8, 4) is 5.75 Å². The predicted octanol–water partition coefficient (Wildman–Crippen LogP) is 1.97. The highest BCUT2D eigenvalue weighted by Gasteiger charge is 2.13. The first kappa shape index (κ1) is 14.1. The molecule has 0 aliphatic rings. The number of rotatable bonds is 4. The number of nitrogens with zero attached hydrogens (tertiary/aromatic N) is 3. The molecular weight excluding hydrogens is 313 g/mol. The molecule has 2 rings (SSSR count). The summed E-state index contributed by atoms with van der Waals surface area (Å²) in [7, 11) is 3.19. The molecule has 0 radical (unpaired) electrons. The average molecular weight is 322 g/mol. The quantitative estimate of drug-likeness (QED) is 0.805. The van der Waals surface area contributed by atoms with Gasteiger partial charge in [-0.3, -0.25) is 0 Å². The van der Waals surface area contributed by atoms with Crippen molar-refractivity contribution < 1.29 is 13.2 Å². The lowest BCUT2D eigenvalue weighted by molar-refractivity contribution is 0.291. The third kappa shape index (κ3) is 3.37. The van der Waals surface area contributed by atoms with E-state index >= 15 is 0 Å². The van der Waals surface area contributed by atoms with Crippen molar-refractivity contribution in [1.82, 2.24) is 14.8 Å². The van der Waals surface area contributed by atoms with Crippen molar-refractivity contribution in [2.24, 2.45) is 7.05 Å². The average Bonchev–Trinajstić information content (AvgIpc) is 2.72. The summed E-state index contributed by atoms with van der Waals surface area (Å²) in [5.41, 5.74) is 0. The van der Waals surface area contributed by atoms with Crippen molar-refractivity contribution in [3.63, 3.8) is 0 Å². The van der Waals surface area contributed by atoms with Crippen LogP contribution in [-0.2, 0) is 22.7 Å². The zero-order valence-corrected chi connectivity index (χ0v) is 12.1. The van der Waals surface area contributed by atoms with Crippen LogP contribution in [0.2, 0.25) is 5.02 Å². The second kappa shape index (κ2) is 5.36. The Labute approximate surface area is 119 Å². The lowest BCUT2D eigenvalue weighted by Gasteiger charge is -2.08. The largest absolute Gasteiger partial charge is 0.484 e. The van der Waals surface area contributed by atoms with Gasteiger partial charge in [0.1, 0.15) is 18.7 Å². The van der Waals surface area contributed by atoms with Gasteiger partial charge in [-0.25, -0.2) is 8.42 Å². The second-order valence-corrected chi connectivity index (χ2v) is 6.65. The minimum atomic E-state index is -3.80. The monoisotopic (exact) mass is 321 g/mol. The molecule has 1 aromatic heterocycles. The van der Waals surface area contributed by atoms with Crippen molar-refractivity contribution in [1.29, 1.82) is 0 Å². The Hall–Kier alpha value is -1.31. The zero-order chi connectivity index (χ0) is 14.0. The zero-order valence-electron chi connectivity index (χ0n) is 9.75. The van der Waals surface area contributed by atoms with E-state index in [0.29, 0.717) is 11.6 Å². The topological polar surface area (TPSA) is 74.1 Å². The van der Waals surface area contributed by atoms with Gasteiger partial charge in [0, 0.05) is 17.7 Å². The standard InChI is InChI=1S/C10H9Cl2N3O3S/c1-15-6-13-14-10(15)5-18-9-3-2-7(4-8(9)11)19(12,16)17/h2-4,6H,5H2,1H3. The molecule has 0 amide bonds. The summed E-state index contributed by atoms with van der Waals surface area (Å²) < 4.78 is 29.4. The van der Waals surface area contributed by atoms with Crippen LogP contribution in [0.25, 0.3) is 0 Å². The van der Waals surface area contributed by atoms with Crippen LogP contribution in [0.1, 0.15) is 5.82 Å². The van der Waals surface area contributed by atoms with E-state index in [2.05, 4.69) is 10.2 Å². The Morgan fingerprint density at radius 1 is 1.42 bits per heavy atom. The Balaban J connectivity index is 2.16. The molecule has 0 N–H and O–H groups in total. The van der Waals surface area contributed by atoms with E-state index in [4.69, 9.17) is 27.0 Å². The molecule has 0 bridgehead atoms. The molecule has 0 spiro atoms. The number of halogens is 2. The summed E-state index contributed by atoms with van der Waals surface area (Å²) in [6, 6.07) is 3.99. The molecule has 0 aliphatic carbocycles. The van der Waals surface area contributed by atoms with Crippen molar-refractivity contribution >= 4 is 31.3 Å². The normalized spacial score (nSPS) is 11.5. The van der Waals surface area contributed by atoms with Gasteiger partial charge in [-0.2, -0.15) is 0 Å². The minimum Gasteiger partial charge on any atom is -0.484 e. The lowest BCUT2D eigenvalue weighted by Crippen LogP contribution is -2.03. The fraction of sp³-hybridized carbons (Fsp3) is 0.200. The van der Waals surface area contributed by atoms with E-state index in [-0.39, 0.29) is 16.5 Å². The summed E-state index contributed by atoms with van der Waals surface area (Å²) in [6.45, 7) is 0.170. The molecule has 2 aromatic rings. The Kier molecular flexibility index (Phi) is 3.98. The second-order valence-electron chi connectivity index (χ2n) is 3.68. The van der Waals surface area contributed by atoms with Gasteiger partial charge >= 0.3 is 0 Å². The van der Waals surface area contributed by atoms with E-state index in [1.54, 1.807) is 17.9 Å². The minimum absolute atomic E-state index is 0.0785. The van der Waals surface area contributed by atoms with Gasteiger partial charge in [0.15, 0.2) is 5.82 Å². The molecule has 6 nitrogen and oxygen atoms in total. The third-order valence-corrected chi connectivity index (χ3v) is 3.99. The first-order valence-electron chi connectivity index (χ1n) is 5.08. The number of aromatic nitrogens is 3. The van der Waals surface area contributed by atoms with Crippen LogP contribution in [0, 0.1) is 0 Å². The molecule has 19 heavy (non-hydrogen) atoms. The summed E-state index contributed by atoms with van der Waals surface area (Å²) in [5.74, 6) is 0.957. The molecule has 1 aromatic carbocycles. The van der Waals surface area contributed by atoms with Crippen LogP contribution in [0.3, 0.4) is 0 Å². The smallest absolute Gasteiger partial charge is 0.261 e. The van der Waals surface area contributed by atoms with Gasteiger partial charge in [0.25, 0.3) is 9.05 Å². The molecule has 9 heteroatoms. The summed E-state index contributed by atoms with van der Waals surface area (Å²) in [5, 5.41) is 7.71. The van der Waals surface area contributed by atoms with Crippen molar-refractivity contribution in [3.05, 3.63) is 35.4 Å². The Morgan fingerprint density at radius 2 is 2.16 bits per heavy atom. The van der Waals surface area contributed by atoms with E-state index in [9.17, 15) is 8.42 Å². The van der Waals surface area contributed by atoms with Crippen LogP contribution in [0.5, 0.6) is 5.75 Å². The molecule has 0 saturated carbocycles.